The van der Waals surface area contributed by atoms with Crippen LogP contribution < -0.4 is 0 Å². The van der Waals surface area contributed by atoms with Crippen LogP contribution in [0.4, 0.5) is 0 Å². The molecule has 0 aromatic heterocycles. The van der Waals surface area contributed by atoms with Crippen LogP contribution in [0.25, 0.3) is 0 Å². The minimum atomic E-state index is -1.75. The lowest BCUT2D eigenvalue weighted by atomic mass is 9.35. The van der Waals surface area contributed by atoms with Crippen molar-refractivity contribution >= 4 is 0 Å². The van der Waals surface area contributed by atoms with Crippen molar-refractivity contribution < 1.29 is 64.9 Å². The Balaban J connectivity index is 1.23. The van der Waals surface area contributed by atoms with Crippen LogP contribution in [0.1, 0.15) is 113 Å². The molecule has 0 bridgehead atoms. The Morgan fingerprint density at radius 2 is 1.33 bits per heavy atom. The molecule has 9 N–H and O–H groups in total. The van der Waals surface area contributed by atoms with Crippen molar-refractivity contribution in [3.63, 3.8) is 0 Å². The number of allylic oxidation sites excluding steroid dienone is 2. The van der Waals surface area contributed by atoms with E-state index in [-0.39, 0.29) is 39.9 Å². The number of rotatable bonds is 10. The highest BCUT2D eigenvalue weighted by molar-refractivity contribution is 5.20. The second kappa shape index (κ2) is 15.7. The maximum atomic E-state index is 12.2. The molecule has 2 heterocycles. The first-order valence-corrected chi connectivity index (χ1v) is 20.9. The molecule has 0 unspecified atom stereocenters. The Labute approximate surface area is 327 Å². The van der Waals surface area contributed by atoms with E-state index >= 15 is 0 Å². The first-order chi connectivity index (χ1) is 25.6. The summed E-state index contributed by atoms with van der Waals surface area (Å²) in [4.78, 5) is 0. The van der Waals surface area contributed by atoms with Crippen LogP contribution in [0.5, 0.6) is 0 Å². The summed E-state index contributed by atoms with van der Waals surface area (Å²) in [5.74, 6) is 0.445. The van der Waals surface area contributed by atoms with Gasteiger partial charge in [0.05, 0.1) is 31.0 Å². The van der Waals surface area contributed by atoms with Gasteiger partial charge in [-0.3, -0.25) is 0 Å². The average molecular weight is 785 g/mol. The second-order valence-corrected chi connectivity index (χ2v) is 20.1. The standard InChI is InChI=1S/C42H72O13/c1-21(2)10-9-14-42(8,51)22-11-16-41(7)29(22)23(45)18-27-39(5)15-13-28(38(3,4)26(39)12-17-40(27,41)6)54-37-35(33(49)31(47)25(20-44)53-37)55-36-34(50)32(48)30(46)24(19-43)52-36/h10,22-37,43-51H,9,11-20H2,1-8H3/t22-,23+,24+,25+,26+,27+,28-,29-,30+,31+,32-,33-,34+,35+,36+,37+,39-,40+,41+,42-/m0/s1. The molecule has 0 aromatic carbocycles. The Kier molecular flexibility index (Phi) is 12.5. The molecule has 55 heavy (non-hydrogen) atoms. The molecular formula is C42H72O13. The van der Waals surface area contributed by atoms with E-state index in [0.29, 0.717) is 19.3 Å². The molecule has 13 heteroatoms. The van der Waals surface area contributed by atoms with Crippen molar-refractivity contribution in [2.75, 3.05) is 13.2 Å². The fraction of sp³-hybridized carbons (Fsp3) is 0.952. The highest BCUT2D eigenvalue weighted by atomic mass is 16.8. The van der Waals surface area contributed by atoms with Gasteiger partial charge in [-0.1, -0.05) is 46.3 Å². The van der Waals surface area contributed by atoms with E-state index in [1.54, 1.807) is 0 Å². The predicted molar refractivity (Wildman–Crippen MR) is 201 cm³/mol. The average Bonchev–Trinajstić information content (AvgIpc) is 3.50. The summed E-state index contributed by atoms with van der Waals surface area (Å²) in [5.41, 5.74) is -0.405. The van der Waals surface area contributed by atoms with Crippen LogP contribution in [-0.2, 0) is 18.9 Å². The summed E-state index contributed by atoms with van der Waals surface area (Å²) < 4.78 is 24.4. The molecule has 0 amide bonds. The summed E-state index contributed by atoms with van der Waals surface area (Å²) in [6.07, 6.45) is -6.48. The molecular weight excluding hydrogens is 712 g/mol. The van der Waals surface area contributed by atoms with Gasteiger partial charge >= 0.3 is 0 Å². The van der Waals surface area contributed by atoms with Crippen LogP contribution in [0.2, 0.25) is 0 Å². The van der Waals surface area contributed by atoms with Crippen molar-refractivity contribution in [3.05, 3.63) is 11.6 Å². The van der Waals surface area contributed by atoms with Crippen LogP contribution in [0, 0.1) is 45.3 Å². The van der Waals surface area contributed by atoms with E-state index in [2.05, 4.69) is 54.5 Å². The van der Waals surface area contributed by atoms with Crippen LogP contribution in [-0.4, -0.2) is 138 Å². The molecule has 318 valence electrons. The smallest absolute Gasteiger partial charge is 0.187 e. The quantitative estimate of drug-likeness (QED) is 0.115. The Bertz CT molecular complexity index is 1370. The first kappa shape index (κ1) is 43.8. The lowest BCUT2D eigenvalue weighted by Crippen LogP contribution is -2.68. The Hall–Kier alpha value is -0.780. The normalized spacial score (nSPS) is 52.0. The van der Waals surface area contributed by atoms with Gasteiger partial charge in [0.25, 0.3) is 0 Å². The topological polar surface area (TPSA) is 219 Å². The van der Waals surface area contributed by atoms with Gasteiger partial charge in [-0.15, -0.1) is 0 Å². The molecule has 6 aliphatic rings. The van der Waals surface area contributed by atoms with E-state index in [1.165, 1.54) is 5.57 Å². The van der Waals surface area contributed by atoms with Gasteiger partial charge < -0.3 is 64.9 Å². The summed E-state index contributed by atoms with van der Waals surface area (Å²) in [6.45, 7) is 16.5. The first-order valence-electron chi connectivity index (χ1n) is 20.9. The fourth-order valence-electron chi connectivity index (χ4n) is 13.3. The van der Waals surface area contributed by atoms with Crippen molar-refractivity contribution in [2.45, 2.75) is 192 Å². The Morgan fingerprint density at radius 1 is 0.727 bits per heavy atom. The zero-order valence-corrected chi connectivity index (χ0v) is 34.3. The molecule has 4 saturated carbocycles. The van der Waals surface area contributed by atoms with Gasteiger partial charge in [0.15, 0.2) is 12.6 Å². The number of hydrogen-bond acceptors (Lipinski definition) is 13. The van der Waals surface area contributed by atoms with Gasteiger partial charge in [-0.05, 0) is 124 Å². The molecule has 6 rings (SSSR count). The molecule has 13 nitrogen and oxygen atoms in total. The highest BCUT2D eigenvalue weighted by Gasteiger charge is 2.71. The molecule has 2 saturated heterocycles. The maximum Gasteiger partial charge on any atom is 0.187 e. The summed E-state index contributed by atoms with van der Waals surface area (Å²) in [5, 5.41) is 97.4. The molecule has 6 fully saturated rings. The third kappa shape index (κ3) is 7.20. The van der Waals surface area contributed by atoms with Gasteiger partial charge in [-0.25, -0.2) is 0 Å². The molecule has 0 radical (unpaired) electrons. The number of ether oxygens (including phenoxy) is 4. The lowest BCUT2D eigenvalue weighted by molar-refractivity contribution is -0.378. The van der Waals surface area contributed by atoms with Crippen LogP contribution in [0.15, 0.2) is 11.6 Å². The summed E-state index contributed by atoms with van der Waals surface area (Å²) >= 11 is 0. The van der Waals surface area contributed by atoms with Crippen LogP contribution >= 0.6 is 0 Å². The maximum absolute atomic E-state index is 12.2. The number of hydrogen-bond donors (Lipinski definition) is 9. The number of aliphatic hydroxyl groups is 9. The molecule has 0 spiro atoms. The van der Waals surface area contributed by atoms with Crippen molar-refractivity contribution in [3.8, 4) is 0 Å². The Morgan fingerprint density at radius 3 is 1.95 bits per heavy atom. The monoisotopic (exact) mass is 784 g/mol. The van der Waals surface area contributed by atoms with Gasteiger partial charge in [0.2, 0.25) is 0 Å². The van der Waals surface area contributed by atoms with E-state index in [0.717, 1.165) is 38.5 Å². The van der Waals surface area contributed by atoms with Gasteiger partial charge in [-0.2, -0.15) is 0 Å². The van der Waals surface area contributed by atoms with Crippen LogP contribution in [0.3, 0.4) is 0 Å². The molecule has 2 aliphatic heterocycles. The van der Waals surface area contributed by atoms with Crippen molar-refractivity contribution in [1.29, 1.82) is 0 Å². The third-order valence-electron chi connectivity index (χ3n) is 16.6. The zero-order valence-electron chi connectivity index (χ0n) is 34.3. The fourth-order valence-corrected chi connectivity index (χ4v) is 13.3. The van der Waals surface area contributed by atoms with Gasteiger partial charge in [0.1, 0.15) is 48.8 Å². The SMILES string of the molecule is CC(C)=CCC[C@](C)(O)[C@H]1CC[C@]2(C)[C@@H]1[C@H](O)C[C@@H]1[C@@]3(C)CC[C@H](O[C@H]4O[C@H](CO)[C@@H](O)[C@H](O)[C@H]4O[C@H]4O[C@H](CO)[C@@H](O)[C@H](O)[C@H]4O)C(C)(C)[C@H]3CC[C@]12C. The van der Waals surface area contributed by atoms with Gasteiger partial charge in [0, 0.05) is 0 Å². The molecule has 20 atom stereocenters. The minimum absolute atomic E-state index is 0.00798. The van der Waals surface area contributed by atoms with Crippen molar-refractivity contribution in [1.82, 2.24) is 0 Å². The number of fused-ring (bicyclic) bond motifs is 5. The third-order valence-corrected chi connectivity index (χ3v) is 16.6. The molecule has 0 aromatic rings. The van der Waals surface area contributed by atoms with E-state index < -0.39 is 97.8 Å². The van der Waals surface area contributed by atoms with E-state index in [1.807, 2.05) is 6.92 Å². The summed E-state index contributed by atoms with van der Waals surface area (Å²) in [7, 11) is 0. The highest BCUT2D eigenvalue weighted by Crippen LogP contribution is 2.76. The largest absolute Gasteiger partial charge is 0.394 e. The van der Waals surface area contributed by atoms with Crippen molar-refractivity contribution in [2.24, 2.45) is 45.3 Å². The minimum Gasteiger partial charge on any atom is -0.394 e. The lowest BCUT2D eigenvalue weighted by Gasteiger charge is -2.70. The zero-order chi connectivity index (χ0) is 40.6. The predicted octanol–water partition coefficient (Wildman–Crippen LogP) is 2.15. The van der Waals surface area contributed by atoms with E-state index in [4.69, 9.17) is 18.9 Å². The second-order valence-electron chi connectivity index (χ2n) is 20.1. The van der Waals surface area contributed by atoms with E-state index in [9.17, 15) is 46.0 Å². The number of aliphatic hydroxyl groups excluding tert-OH is 8. The molecule has 4 aliphatic carbocycles. The summed E-state index contributed by atoms with van der Waals surface area (Å²) in [6, 6.07) is 0.